The SMILES string of the molecule is CCCOCC(=O)N(CC)C(C)c1cccc(O)c1. The summed E-state index contributed by atoms with van der Waals surface area (Å²) in [6.45, 7) is 7.24. The average molecular weight is 265 g/mol. The van der Waals surface area contributed by atoms with E-state index in [9.17, 15) is 9.90 Å². The number of likely N-dealkylation sites (N-methyl/N-ethyl adjacent to an activating group) is 1. The first-order valence-corrected chi connectivity index (χ1v) is 6.76. The van der Waals surface area contributed by atoms with Crippen molar-refractivity contribution in [2.45, 2.75) is 33.2 Å². The highest BCUT2D eigenvalue weighted by Gasteiger charge is 2.20. The minimum atomic E-state index is -0.0742. The molecule has 1 rings (SSSR count). The van der Waals surface area contributed by atoms with Gasteiger partial charge in [0.05, 0.1) is 6.04 Å². The van der Waals surface area contributed by atoms with Crippen LogP contribution in [0.4, 0.5) is 0 Å². The molecule has 1 unspecified atom stereocenters. The van der Waals surface area contributed by atoms with Crippen LogP contribution in [0.5, 0.6) is 5.75 Å². The van der Waals surface area contributed by atoms with Gasteiger partial charge in [0.15, 0.2) is 0 Å². The highest BCUT2D eigenvalue weighted by molar-refractivity contribution is 5.78. The summed E-state index contributed by atoms with van der Waals surface area (Å²) in [5, 5.41) is 9.50. The molecule has 4 nitrogen and oxygen atoms in total. The lowest BCUT2D eigenvalue weighted by molar-refractivity contribution is -0.138. The molecular formula is C15H23NO3. The summed E-state index contributed by atoms with van der Waals surface area (Å²) in [7, 11) is 0. The predicted molar refractivity (Wildman–Crippen MR) is 75.0 cm³/mol. The number of benzene rings is 1. The molecule has 1 aromatic carbocycles. The van der Waals surface area contributed by atoms with E-state index in [0.29, 0.717) is 13.2 Å². The van der Waals surface area contributed by atoms with Crippen LogP contribution in [0.1, 0.15) is 38.8 Å². The quantitative estimate of drug-likeness (QED) is 0.771. The molecule has 0 aromatic heterocycles. The Morgan fingerprint density at radius 2 is 2.16 bits per heavy atom. The Labute approximate surface area is 115 Å². The number of phenolic OH excluding ortho intramolecular Hbond substituents is 1. The predicted octanol–water partition coefficient (Wildman–Crippen LogP) is 2.73. The topological polar surface area (TPSA) is 49.8 Å². The van der Waals surface area contributed by atoms with Crippen LogP contribution in [-0.4, -0.2) is 35.7 Å². The molecule has 1 amide bonds. The van der Waals surface area contributed by atoms with Crippen LogP contribution in [0.25, 0.3) is 0 Å². The zero-order valence-electron chi connectivity index (χ0n) is 11.9. The first kappa shape index (κ1) is 15.5. The number of hydrogen-bond acceptors (Lipinski definition) is 3. The molecule has 0 fully saturated rings. The molecule has 106 valence electrons. The summed E-state index contributed by atoms with van der Waals surface area (Å²) in [6.07, 6.45) is 0.904. The third-order valence-electron chi connectivity index (χ3n) is 3.06. The van der Waals surface area contributed by atoms with Crippen molar-refractivity contribution < 1.29 is 14.6 Å². The van der Waals surface area contributed by atoms with Crippen molar-refractivity contribution in [3.63, 3.8) is 0 Å². The second-order valence-corrected chi connectivity index (χ2v) is 4.50. The second kappa shape index (κ2) is 7.79. The number of aromatic hydroxyl groups is 1. The third-order valence-corrected chi connectivity index (χ3v) is 3.06. The molecule has 0 radical (unpaired) electrons. The lowest BCUT2D eigenvalue weighted by Gasteiger charge is -2.28. The number of carbonyl (C=O) groups excluding carboxylic acids is 1. The maximum atomic E-state index is 12.1. The molecule has 0 saturated heterocycles. The summed E-state index contributed by atoms with van der Waals surface area (Å²) < 4.78 is 5.30. The Balaban J connectivity index is 2.70. The molecule has 1 aromatic rings. The first-order valence-electron chi connectivity index (χ1n) is 6.76. The summed E-state index contributed by atoms with van der Waals surface area (Å²) in [6, 6.07) is 6.93. The van der Waals surface area contributed by atoms with Crippen molar-refractivity contribution in [2.24, 2.45) is 0 Å². The van der Waals surface area contributed by atoms with Gasteiger partial charge in [-0.15, -0.1) is 0 Å². The molecule has 19 heavy (non-hydrogen) atoms. The van der Waals surface area contributed by atoms with E-state index in [-0.39, 0.29) is 24.3 Å². The van der Waals surface area contributed by atoms with Gasteiger partial charge >= 0.3 is 0 Å². The number of hydrogen-bond donors (Lipinski definition) is 1. The highest BCUT2D eigenvalue weighted by atomic mass is 16.5. The Morgan fingerprint density at radius 1 is 1.42 bits per heavy atom. The van der Waals surface area contributed by atoms with Gasteiger partial charge in [0, 0.05) is 13.2 Å². The first-order chi connectivity index (χ1) is 9.10. The molecule has 0 aliphatic carbocycles. The Hall–Kier alpha value is -1.55. The maximum Gasteiger partial charge on any atom is 0.249 e. The smallest absolute Gasteiger partial charge is 0.249 e. The second-order valence-electron chi connectivity index (χ2n) is 4.50. The molecule has 0 aliphatic rings. The lowest BCUT2D eigenvalue weighted by Crippen LogP contribution is -2.36. The van der Waals surface area contributed by atoms with Crippen LogP contribution in [-0.2, 0) is 9.53 Å². The maximum absolute atomic E-state index is 12.1. The van der Waals surface area contributed by atoms with Crippen molar-refractivity contribution in [1.29, 1.82) is 0 Å². The van der Waals surface area contributed by atoms with Crippen molar-refractivity contribution in [2.75, 3.05) is 19.8 Å². The van der Waals surface area contributed by atoms with Crippen LogP contribution in [0.15, 0.2) is 24.3 Å². The molecule has 4 heteroatoms. The summed E-state index contributed by atoms with van der Waals surface area (Å²) in [5.74, 6) is 0.196. The average Bonchev–Trinajstić information content (AvgIpc) is 2.39. The van der Waals surface area contributed by atoms with Gasteiger partial charge in [-0.2, -0.15) is 0 Å². The Bertz CT molecular complexity index is 406. The van der Waals surface area contributed by atoms with Crippen molar-refractivity contribution in [3.8, 4) is 5.75 Å². The van der Waals surface area contributed by atoms with Gasteiger partial charge in [-0.25, -0.2) is 0 Å². The van der Waals surface area contributed by atoms with Crippen LogP contribution in [0.3, 0.4) is 0 Å². The van der Waals surface area contributed by atoms with E-state index in [1.807, 2.05) is 26.8 Å². The number of nitrogens with zero attached hydrogens (tertiary/aromatic N) is 1. The minimum Gasteiger partial charge on any atom is -0.508 e. The van der Waals surface area contributed by atoms with Crippen LogP contribution in [0, 0.1) is 0 Å². The van der Waals surface area contributed by atoms with Gasteiger partial charge in [-0.3, -0.25) is 4.79 Å². The fourth-order valence-corrected chi connectivity index (χ4v) is 2.02. The van der Waals surface area contributed by atoms with Crippen molar-refractivity contribution >= 4 is 5.91 Å². The largest absolute Gasteiger partial charge is 0.508 e. The summed E-state index contributed by atoms with van der Waals surface area (Å²) in [5.41, 5.74) is 0.922. The van der Waals surface area contributed by atoms with E-state index in [0.717, 1.165) is 12.0 Å². The lowest BCUT2D eigenvalue weighted by atomic mass is 10.1. The number of ether oxygens (including phenoxy) is 1. The zero-order chi connectivity index (χ0) is 14.3. The van der Waals surface area contributed by atoms with E-state index < -0.39 is 0 Å². The minimum absolute atomic E-state index is 0.0215. The van der Waals surface area contributed by atoms with Gasteiger partial charge in [0.1, 0.15) is 12.4 Å². The van der Waals surface area contributed by atoms with Crippen LogP contribution >= 0.6 is 0 Å². The van der Waals surface area contributed by atoms with E-state index in [4.69, 9.17) is 4.74 Å². The monoisotopic (exact) mass is 265 g/mol. The fourth-order valence-electron chi connectivity index (χ4n) is 2.02. The van der Waals surface area contributed by atoms with E-state index >= 15 is 0 Å². The number of rotatable bonds is 7. The van der Waals surface area contributed by atoms with Gasteiger partial charge in [-0.05, 0) is 38.0 Å². The van der Waals surface area contributed by atoms with Crippen LogP contribution < -0.4 is 0 Å². The molecule has 0 bridgehead atoms. The van der Waals surface area contributed by atoms with E-state index in [1.165, 1.54) is 0 Å². The van der Waals surface area contributed by atoms with E-state index in [1.54, 1.807) is 23.1 Å². The standard InChI is InChI=1S/C15H23NO3/c1-4-9-19-11-15(18)16(5-2)12(3)13-7-6-8-14(17)10-13/h6-8,10,12,17H,4-5,9,11H2,1-3H3. The highest BCUT2D eigenvalue weighted by Crippen LogP contribution is 2.23. The normalized spacial score (nSPS) is 12.2. The molecule has 1 N–H and O–H groups in total. The molecule has 0 spiro atoms. The van der Waals surface area contributed by atoms with Gasteiger partial charge in [0.2, 0.25) is 5.91 Å². The Morgan fingerprint density at radius 3 is 2.74 bits per heavy atom. The van der Waals surface area contributed by atoms with E-state index in [2.05, 4.69) is 0 Å². The summed E-state index contributed by atoms with van der Waals surface area (Å²) >= 11 is 0. The zero-order valence-corrected chi connectivity index (χ0v) is 11.9. The number of phenols is 1. The molecular weight excluding hydrogens is 242 g/mol. The van der Waals surface area contributed by atoms with Gasteiger partial charge < -0.3 is 14.7 Å². The van der Waals surface area contributed by atoms with Crippen molar-refractivity contribution in [3.05, 3.63) is 29.8 Å². The number of amides is 1. The fraction of sp³-hybridized carbons (Fsp3) is 0.533. The molecule has 0 aliphatic heterocycles. The Kier molecular flexibility index (Phi) is 6.36. The molecule has 1 atom stereocenters. The third kappa shape index (κ3) is 4.56. The summed E-state index contributed by atoms with van der Waals surface area (Å²) in [4.78, 5) is 13.8. The number of carbonyl (C=O) groups is 1. The van der Waals surface area contributed by atoms with Crippen LogP contribution in [0.2, 0.25) is 0 Å². The molecule has 0 heterocycles. The van der Waals surface area contributed by atoms with Crippen molar-refractivity contribution in [1.82, 2.24) is 4.90 Å². The van der Waals surface area contributed by atoms with Gasteiger partial charge in [0.25, 0.3) is 0 Å². The molecule has 0 saturated carbocycles. The van der Waals surface area contributed by atoms with Gasteiger partial charge in [-0.1, -0.05) is 19.1 Å².